The van der Waals surface area contributed by atoms with Crippen molar-refractivity contribution in [2.75, 3.05) is 5.32 Å². The van der Waals surface area contributed by atoms with Crippen LogP contribution in [0.5, 0.6) is 0 Å². The van der Waals surface area contributed by atoms with Crippen LogP contribution in [0.15, 0.2) is 30.5 Å². The van der Waals surface area contributed by atoms with Gasteiger partial charge in [0, 0.05) is 16.9 Å². The summed E-state index contributed by atoms with van der Waals surface area (Å²) in [6, 6.07) is 5.87. The van der Waals surface area contributed by atoms with E-state index in [1.165, 1.54) is 24.3 Å². The summed E-state index contributed by atoms with van der Waals surface area (Å²) in [6.07, 6.45) is -4.09. The van der Waals surface area contributed by atoms with E-state index in [4.69, 9.17) is 23.2 Å². The van der Waals surface area contributed by atoms with Crippen molar-refractivity contribution in [1.82, 2.24) is 9.97 Å². The molecule has 0 saturated carbocycles. The van der Waals surface area contributed by atoms with E-state index < -0.39 is 28.6 Å². The number of rotatable bonds is 2. The van der Waals surface area contributed by atoms with Gasteiger partial charge in [0.1, 0.15) is 0 Å². The van der Waals surface area contributed by atoms with Crippen LogP contribution in [0.2, 0.25) is 10.3 Å². The van der Waals surface area contributed by atoms with Crippen LogP contribution in [0.4, 0.5) is 18.9 Å². The fourth-order valence-electron chi connectivity index (χ4n) is 1.47. The summed E-state index contributed by atoms with van der Waals surface area (Å²) in [5.41, 5.74) is -1.83. The summed E-state index contributed by atoms with van der Waals surface area (Å²) in [6.45, 7) is 0. The second-order valence-corrected chi connectivity index (χ2v) is 4.63. The Morgan fingerprint density at radius 2 is 1.76 bits per heavy atom. The lowest BCUT2D eigenvalue weighted by atomic mass is 10.2. The number of nitrogens with zero attached hydrogens (tertiary/aromatic N) is 2. The third-order valence-corrected chi connectivity index (χ3v) is 2.81. The molecule has 1 N–H and O–H groups in total. The van der Waals surface area contributed by atoms with Gasteiger partial charge in [0.05, 0.1) is 5.56 Å². The quantitative estimate of drug-likeness (QED) is 0.842. The van der Waals surface area contributed by atoms with Crippen LogP contribution in [-0.2, 0) is 6.18 Å². The van der Waals surface area contributed by atoms with Crippen LogP contribution >= 0.6 is 23.2 Å². The van der Waals surface area contributed by atoms with E-state index in [1.54, 1.807) is 0 Å². The van der Waals surface area contributed by atoms with Crippen molar-refractivity contribution in [1.29, 1.82) is 0 Å². The van der Waals surface area contributed by atoms with E-state index in [-0.39, 0.29) is 5.69 Å². The molecule has 0 atom stereocenters. The number of benzene rings is 1. The molecule has 1 aromatic heterocycles. The maximum absolute atomic E-state index is 12.8. The number of halogens is 5. The monoisotopic (exact) mass is 335 g/mol. The molecule has 4 nitrogen and oxygen atoms in total. The molecule has 110 valence electrons. The lowest BCUT2D eigenvalue weighted by Gasteiger charge is -2.11. The maximum atomic E-state index is 12.8. The summed E-state index contributed by atoms with van der Waals surface area (Å²) in [4.78, 5) is 18.4. The van der Waals surface area contributed by atoms with Gasteiger partial charge in [0.2, 0.25) is 5.28 Å². The predicted molar refractivity (Wildman–Crippen MR) is 71.4 cm³/mol. The SMILES string of the molecule is O=C(Nc1ccc(Cl)cc1)c1cnc(Cl)nc1C(F)(F)F. The molecular weight excluding hydrogens is 330 g/mol. The van der Waals surface area contributed by atoms with Crippen LogP contribution in [0.3, 0.4) is 0 Å². The Bertz CT molecular complexity index is 674. The number of alkyl halides is 3. The fraction of sp³-hybridized carbons (Fsp3) is 0.0833. The number of hydrogen-bond acceptors (Lipinski definition) is 3. The highest BCUT2D eigenvalue weighted by Gasteiger charge is 2.38. The minimum absolute atomic E-state index is 0.285. The van der Waals surface area contributed by atoms with Crippen molar-refractivity contribution in [3.8, 4) is 0 Å². The van der Waals surface area contributed by atoms with Crippen LogP contribution < -0.4 is 5.32 Å². The van der Waals surface area contributed by atoms with Gasteiger partial charge in [-0.3, -0.25) is 4.79 Å². The zero-order valence-corrected chi connectivity index (χ0v) is 11.6. The average Bonchev–Trinajstić information content (AvgIpc) is 2.40. The number of nitrogens with one attached hydrogen (secondary N) is 1. The van der Waals surface area contributed by atoms with Crippen molar-refractivity contribution >= 4 is 34.8 Å². The normalized spacial score (nSPS) is 11.3. The minimum atomic E-state index is -4.82. The van der Waals surface area contributed by atoms with Crippen molar-refractivity contribution in [2.24, 2.45) is 0 Å². The largest absolute Gasteiger partial charge is 0.434 e. The van der Waals surface area contributed by atoms with Crippen molar-refractivity contribution in [3.63, 3.8) is 0 Å². The van der Waals surface area contributed by atoms with E-state index in [1.807, 2.05) is 0 Å². The van der Waals surface area contributed by atoms with Gasteiger partial charge in [-0.05, 0) is 35.9 Å². The molecule has 1 heterocycles. The molecule has 0 unspecified atom stereocenters. The molecule has 2 aromatic rings. The molecule has 0 bridgehead atoms. The number of aromatic nitrogens is 2. The molecule has 21 heavy (non-hydrogen) atoms. The van der Waals surface area contributed by atoms with Crippen LogP contribution in [0.1, 0.15) is 16.1 Å². The summed E-state index contributed by atoms with van der Waals surface area (Å²) in [5.74, 6) is -0.999. The van der Waals surface area contributed by atoms with Crippen LogP contribution in [-0.4, -0.2) is 15.9 Å². The van der Waals surface area contributed by atoms with E-state index >= 15 is 0 Å². The van der Waals surface area contributed by atoms with Gasteiger partial charge in [-0.1, -0.05) is 11.6 Å². The molecule has 0 aliphatic heterocycles. The van der Waals surface area contributed by atoms with Crippen molar-refractivity contribution in [2.45, 2.75) is 6.18 Å². The van der Waals surface area contributed by atoms with Crippen molar-refractivity contribution < 1.29 is 18.0 Å². The first-order chi connectivity index (χ1) is 9.77. The van der Waals surface area contributed by atoms with Gasteiger partial charge in [0.25, 0.3) is 5.91 Å². The molecule has 0 fully saturated rings. The molecule has 0 saturated heterocycles. The molecule has 1 amide bonds. The zero-order chi connectivity index (χ0) is 15.6. The predicted octanol–water partition coefficient (Wildman–Crippen LogP) is 4.05. The van der Waals surface area contributed by atoms with Gasteiger partial charge in [-0.2, -0.15) is 13.2 Å². The van der Waals surface area contributed by atoms with Gasteiger partial charge in [-0.25, -0.2) is 9.97 Å². The fourth-order valence-corrected chi connectivity index (χ4v) is 1.73. The van der Waals surface area contributed by atoms with E-state index in [0.717, 1.165) is 6.20 Å². The molecule has 0 radical (unpaired) electrons. The minimum Gasteiger partial charge on any atom is -0.322 e. The number of hydrogen-bond donors (Lipinski definition) is 1. The molecule has 0 spiro atoms. The highest BCUT2D eigenvalue weighted by atomic mass is 35.5. The standard InChI is InChI=1S/C12H6Cl2F3N3O/c13-6-1-3-7(4-2-6)19-10(21)8-5-18-11(14)20-9(8)12(15,16)17/h1-5H,(H,19,21). The van der Waals surface area contributed by atoms with E-state index in [9.17, 15) is 18.0 Å². The average molecular weight is 336 g/mol. The number of anilines is 1. The molecular formula is C12H6Cl2F3N3O. The second kappa shape index (κ2) is 5.87. The number of amides is 1. The third-order valence-electron chi connectivity index (χ3n) is 2.37. The van der Waals surface area contributed by atoms with Crippen molar-refractivity contribution in [3.05, 3.63) is 52.0 Å². The summed E-state index contributed by atoms with van der Waals surface area (Å²) in [5, 5.41) is 2.13. The number of carbonyl (C=O) groups excluding carboxylic acids is 1. The van der Waals surface area contributed by atoms with Gasteiger partial charge < -0.3 is 5.32 Å². The first-order valence-corrected chi connectivity index (χ1v) is 6.19. The van der Waals surface area contributed by atoms with Crippen LogP contribution in [0, 0.1) is 0 Å². The highest BCUT2D eigenvalue weighted by Crippen LogP contribution is 2.31. The zero-order valence-electron chi connectivity index (χ0n) is 10.1. The Labute approximate surface area is 126 Å². The Kier molecular flexibility index (Phi) is 4.34. The highest BCUT2D eigenvalue weighted by molar-refractivity contribution is 6.30. The Morgan fingerprint density at radius 3 is 2.33 bits per heavy atom. The number of carbonyl (C=O) groups is 1. The molecule has 0 aliphatic carbocycles. The van der Waals surface area contributed by atoms with Gasteiger partial charge in [-0.15, -0.1) is 0 Å². The second-order valence-electron chi connectivity index (χ2n) is 3.86. The molecule has 1 aromatic carbocycles. The summed E-state index contributed by atoms with van der Waals surface area (Å²) < 4.78 is 38.5. The van der Waals surface area contributed by atoms with E-state index in [2.05, 4.69) is 15.3 Å². The molecule has 0 aliphatic rings. The topological polar surface area (TPSA) is 54.9 Å². The molecule has 9 heteroatoms. The van der Waals surface area contributed by atoms with Gasteiger partial charge >= 0.3 is 6.18 Å². The Morgan fingerprint density at radius 1 is 1.14 bits per heavy atom. The lowest BCUT2D eigenvalue weighted by molar-refractivity contribution is -0.141. The Balaban J connectivity index is 2.33. The lowest BCUT2D eigenvalue weighted by Crippen LogP contribution is -2.21. The molecule has 2 rings (SSSR count). The van der Waals surface area contributed by atoms with Crippen LogP contribution in [0.25, 0.3) is 0 Å². The smallest absolute Gasteiger partial charge is 0.322 e. The Hall–Kier alpha value is -1.86. The first kappa shape index (κ1) is 15.5. The summed E-state index contributed by atoms with van der Waals surface area (Å²) in [7, 11) is 0. The van der Waals surface area contributed by atoms with Gasteiger partial charge in [0.15, 0.2) is 5.69 Å². The third kappa shape index (κ3) is 3.83. The maximum Gasteiger partial charge on any atom is 0.434 e. The first-order valence-electron chi connectivity index (χ1n) is 5.44. The summed E-state index contributed by atoms with van der Waals surface area (Å²) >= 11 is 11.0. The van der Waals surface area contributed by atoms with E-state index in [0.29, 0.717) is 5.02 Å².